The Bertz CT molecular complexity index is 424. The summed E-state index contributed by atoms with van der Waals surface area (Å²) in [5.41, 5.74) is -0.867. The second kappa shape index (κ2) is 7.75. The maximum Gasteiger partial charge on any atom is 0.341 e. The van der Waals surface area contributed by atoms with Gasteiger partial charge in [-0.3, -0.25) is 0 Å². The molecule has 1 rings (SSSR count). The Labute approximate surface area is 141 Å². The second-order valence-electron chi connectivity index (χ2n) is 7.82. The van der Waals surface area contributed by atoms with E-state index < -0.39 is 5.41 Å². The molecule has 1 fully saturated rings. The number of likely N-dealkylation sites (tertiary alicyclic amines) is 1. The van der Waals surface area contributed by atoms with Crippen LogP contribution in [0.2, 0.25) is 0 Å². The molecule has 4 unspecified atom stereocenters. The quantitative estimate of drug-likeness (QED) is 0.427. The van der Waals surface area contributed by atoms with E-state index in [4.69, 9.17) is 9.57 Å². The lowest BCUT2D eigenvalue weighted by molar-refractivity contribution is -0.171. The average molecular weight is 326 g/mol. The molecule has 134 valence electrons. The van der Waals surface area contributed by atoms with Gasteiger partial charge in [0, 0.05) is 26.5 Å². The van der Waals surface area contributed by atoms with Crippen molar-refractivity contribution in [2.24, 2.45) is 27.8 Å². The summed E-state index contributed by atoms with van der Waals surface area (Å²) in [5, 5.41) is 3.42. The SMILES string of the molecule is C=NOC(=O)C1(C(C)(C)C(C)COC)CCN(C)C(C)C(C)C1. The Morgan fingerprint density at radius 1 is 1.48 bits per heavy atom. The monoisotopic (exact) mass is 326 g/mol. The van der Waals surface area contributed by atoms with Gasteiger partial charge in [-0.1, -0.05) is 32.9 Å². The third kappa shape index (κ3) is 3.77. The first-order valence-electron chi connectivity index (χ1n) is 8.50. The van der Waals surface area contributed by atoms with Crippen LogP contribution in [0, 0.1) is 22.7 Å². The minimum absolute atomic E-state index is 0.218. The molecule has 23 heavy (non-hydrogen) atoms. The molecule has 0 saturated carbocycles. The van der Waals surface area contributed by atoms with Gasteiger partial charge in [-0.05, 0) is 50.6 Å². The molecule has 0 N–H and O–H groups in total. The van der Waals surface area contributed by atoms with Crippen molar-refractivity contribution in [3.05, 3.63) is 0 Å². The van der Waals surface area contributed by atoms with Crippen LogP contribution in [0.5, 0.6) is 0 Å². The first-order chi connectivity index (χ1) is 10.6. The molecule has 0 amide bonds. The number of hydrogen-bond acceptors (Lipinski definition) is 5. The third-order valence-corrected chi connectivity index (χ3v) is 6.50. The van der Waals surface area contributed by atoms with Gasteiger partial charge in [0.05, 0.1) is 5.41 Å². The van der Waals surface area contributed by atoms with Crippen molar-refractivity contribution in [3.63, 3.8) is 0 Å². The minimum atomic E-state index is -0.593. The van der Waals surface area contributed by atoms with Crippen LogP contribution in [0.3, 0.4) is 0 Å². The zero-order valence-corrected chi connectivity index (χ0v) is 15.9. The molecule has 1 saturated heterocycles. The summed E-state index contributed by atoms with van der Waals surface area (Å²) < 4.78 is 5.37. The fourth-order valence-corrected chi connectivity index (χ4v) is 3.94. The maximum absolute atomic E-state index is 13.0. The van der Waals surface area contributed by atoms with Crippen molar-refractivity contribution in [1.29, 1.82) is 0 Å². The first-order valence-corrected chi connectivity index (χ1v) is 8.50. The van der Waals surface area contributed by atoms with E-state index in [9.17, 15) is 4.79 Å². The van der Waals surface area contributed by atoms with E-state index in [1.54, 1.807) is 7.11 Å². The lowest BCUT2D eigenvalue weighted by atomic mass is 9.55. The number of carbonyl (C=O) groups excluding carboxylic acids is 1. The van der Waals surface area contributed by atoms with Crippen LogP contribution in [0.15, 0.2) is 5.16 Å². The Morgan fingerprint density at radius 3 is 2.61 bits per heavy atom. The van der Waals surface area contributed by atoms with E-state index in [1.165, 1.54) is 0 Å². The maximum atomic E-state index is 13.0. The summed E-state index contributed by atoms with van der Waals surface area (Å²) in [6, 6.07) is 0.426. The molecule has 0 bridgehead atoms. The summed E-state index contributed by atoms with van der Waals surface area (Å²) in [5.74, 6) is 0.347. The van der Waals surface area contributed by atoms with Crippen LogP contribution < -0.4 is 0 Å². The molecule has 0 aliphatic carbocycles. The molecule has 1 heterocycles. The van der Waals surface area contributed by atoms with Gasteiger partial charge in [-0.2, -0.15) is 0 Å². The van der Waals surface area contributed by atoms with Crippen LogP contribution in [0.1, 0.15) is 47.5 Å². The van der Waals surface area contributed by atoms with Crippen LogP contribution in [-0.4, -0.2) is 50.9 Å². The van der Waals surface area contributed by atoms with Gasteiger partial charge in [0.2, 0.25) is 0 Å². The van der Waals surface area contributed by atoms with E-state index in [-0.39, 0.29) is 17.3 Å². The predicted octanol–water partition coefficient (Wildman–Crippen LogP) is 3.19. The highest BCUT2D eigenvalue weighted by atomic mass is 16.7. The lowest BCUT2D eigenvalue weighted by Crippen LogP contribution is -2.50. The highest BCUT2D eigenvalue weighted by Crippen LogP contribution is 2.53. The number of hydrogen-bond donors (Lipinski definition) is 0. The molecule has 5 nitrogen and oxygen atoms in total. The van der Waals surface area contributed by atoms with Gasteiger partial charge < -0.3 is 14.5 Å². The molecular weight excluding hydrogens is 292 g/mol. The molecule has 1 aliphatic heterocycles. The normalized spacial score (nSPS) is 31.3. The van der Waals surface area contributed by atoms with Crippen molar-refractivity contribution >= 4 is 12.7 Å². The van der Waals surface area contributed by atoms with Crippen molar-refractivity contribution in [3.8, 4) is 0 Å². The topological polar surface area (TPSA) is 51.1 Å². The summed E-state index contributed by atoms with van der Waals surface area (Å²) in [4.78, 5) is 20.4. The van der Waals surface area contributed by atoms with Gasteiger partial charge in [0.15, 0.2) is 0 Å². The van der Waals surface area contributed by atoms with E-state index in [0.29, 0.717) is 18.6 Å². The summed E-state index contributed by atoms with van der Waals surface area (Å²) in [6.07, 6.45) is 1.54. The fourth-order valence-electron chi connectivity index (χ4n) is 3.94. The summed E-state index contributed by atoms with van der Waals surface area (Å²) in [6.45, 7) is 15.7. The largest absolute Gasteiger partial charge is 0.384 e. The fraction of sp³-hybridized carbons (Fsp3) is 0.889. The van der Waals surface area contributed by atoms with Crippen LogP contribution in [0.4, 0.5) is 0 Å². The Balaban J connectivity index is 3.32. The standard InChI is InChI=1S/C18H34N2O3/c1-13-11-18(16(21)23-19-6,9-10-20(7)15(13)3)17(4,5)14(2)12-22-8/h13-15H,6,9-12H2,1-5,7-8H3. The van der Waals surface area contributed by atoms with E-state index >= 15 is 0 Å². The number of rotatable bonds is 6. The average Bonchev–Trinajstić information content (AvgIpc) is 2.60. The van der Waals surface area contributed by atoms with Crippen LogP contribution in [0.25, 0.3) is 0 Å². The molecule has 0 spiro atoms. The predicted molar refractivity (Wildman–Crippen MR) is 93.4 cm³/mol. The zero-order valence-electron chi connectivity index (χ0n) is 15.9. The molecule has 0 radical (unpaired) electrons. The number of methoxy groups -OCH3 is 1. The zero-order chi connectivity index (χ0) is 17.8. The van der Waals surface area contributed by atoms with Crippen LogP contribution in [-0.2, 0) is 14.4 Å². The second-order valence-corrected chi connectivity index (χ2v) is 7.82. The van der Waals surface area contributed by atoms with Gasteiger partial charge in [-0.25, -0.2) is 4.79 Å². The molecule has 4 atom stereocenters. The molecule has 1 aliphatic rings. The number of carbonyl (C=O) groups is 1. The van der Waals surface area contributed by atoms with E-state index in [1.807, 2.05) is 0 Å². The van der Waals surface area contributed by atoms with Crippen LogP contribution >= 0.6 is 0 Å². The van der Waals surface area contributed by atoms with Crippen molar-refractivity contribution in [2.45, 2.75) is 53.5 Å². The van der Waals surface area contributed by atoms with Gasteiger partial charge in [0.25, 0.3) is 0 Å². The number of ether oxygens (including phenoxy) is 1. The molecular formula is C18H34N2O3. The number of nitrogens with zero attached hydrogens (tertiary/aromatic N) is 2. The van der Waals surface area contributed by atoms with Gasteiger partial charge >= 0.3 is 5.97 Å². The molecule has 0 aromatic rings. The van der Waals surface area contributed by atoms with Crippen molar-refractivity contribution in [2.75, 3.05) is 27.3 Å². The Morgan fingerprint density at radius 2 is 2.09 bits per heavy atom. The Hall–Kier alpha value is -0.940. The highest BCUT2D eigenvalue weighted by molar-refractivity contribution is 5.78. The van der Waals surface area contributed by atoms with E-state index in [0.717, 1.165) is 19.4 Å². The van der Waals surface area contributed by atoms with Crippen molar-refractivity contribution in [1.82, 2.24) is 4.90 Å². The number of oxime groups is 1. The molecule has 5 heteroatoms. The first kappa shape index (κ1) is 20.1. The third-order valence-electron chi connectivity index (χ3n) is 6.50. The smallest absolute Gasteiger partial charge is 0.341 e. The molecule has 0 aromatic heterocycles. The molecule has 0 aromatic carbocycles. The van der Waals surface area contributed by atoms with E-state index in [2.05, 4.69) is 58.4 Å². The summed E-state index contributed by atoms with van der Waals surface area (Å²) in [7, 11) is 3.83. The minimum Gasteiger partial charge on any atom is -0.384 e. The lowest BCUT2D eigenvalue weighted by Gasteiger charge is -2.48. The Kier molecular flexibility index (Phi) is 6.78. The van der Waals surface area contributed by atoms with Gasteiger partial charge in [0.1, 0.15) is 0 Å². The highest BCUT2D eigenvalue weighted by Gasteiger charge is 2.56. The van der Waals surface area contributed by atoms with Gasteiger partial charge in [-0.15, -0.1) is 0 Å². The summed E-state index contributed by atoms with van der Waals surface area (Å²) >= 11 is 0. The van der Waals surface area contributed by atoms with Crippen molar-refractivity contribution < 1.29 is 14.4 Å².